The van der Waals surface area contributed by atoms with E-state index in [1.807, 2.05) is 11.3 Å². The van der Waals surface area contributed by atoms with Crippen LogP contribution in [0.2, 0.25) is 0 Å². The topological polar surface area (TPSA) is 9.86 Å². The Hall–Kier alpha value is -5.77. The Balaban J connectivity index is 1.19. The molecular weight excluding hydrogens is 577 g/mol. The first-order valence-electron chi connectivity index (χ1n) is 15.6. The molecule has 0 fully saturated rings. The van der Waals surface area contributed by atoms with Crippen LogP contribution in [0, 0.1) is 6.92 Å². The van der Waals surface area contributed by atoms with Crippen LogP contribution in [0.4, 0.5) is 0 Å². The number of thiophene rings is 1. The van der Waals surface area contributed by atoms with Crippen molar-refractivity contribution in [3.8, 4) is 22.5 Å². The molecule has 216 valence electrons. The van der Waals surface area contributed by atoms with E-state index in [0.29, 0.717) is 0 Å². The molecule has 0 saturated carbocycles. The fourth-order valence-electron chi connectivity index (χ4n) is 7.40. The minimum atomic E-state index is 1.02. The van der Waals surface area contributed by atoms with E-state index < -0.39 is 0 Å². The van der Waals surface area contributed by atoms with Crippen LogP contribution >= 0.6 is 11.3 Å². The number of nitrogens with zero attached hydrogens (tertiary/aromatic N) is 2. The highest BCUT2D eigenvalue weighted by Gasteiger charge is 2.18. The van der Waals surface area contributed by atoms with Gasteiger partial charge in [-0.05, 0) is 59.7 Å². The maximum absolute atomic E-state index is 4.08. The Morgan fingerprint density at radius 3 is 1.65 bits per heavy atom. The summed E-state index contributed by atoms with van der Waals surface area (Å²) in [5.74, 6) is 0. The Labute approximate surface area is 270 Å². The number of para-hydroxylation sites is 2. The summed E-state index contributed by atoms with van der Waals surface area (Å²) in [6, 6.07) is 55.4. The fourth-order valence-corrected chi connectivity index (χ4v) is 8.60. The van der Waals surface area contributed by atoms with Crippen LogP contribution in [0.25, 0.3) is 86.3 Å². The minimum Gasteiger partial charge on any atom is -0.311 e. The van der Waals surface area contributed by atoms with E-state index in [0.717, 1.165) is 11.3 Å². The summed E-state index contributed by atoms with van der Waals surface area (Å²) in [5, 5.41) is 7.68. The lowest BCUT2D eigenvalue weighted by molar-refractivity contribution is 1.18. The molecule has 0 bridgehead atoms. The normalized spacial score (nSPS) is 12.0. The zero-order valence-corrected chi connectivity index (χ0v) is 25.8. The number of hydrogen-bond donors (Lipinski definition) is 0. The lowest BCUT2D eigenvalue weighted by atomic mass is 10.0. The molecule has 0 spiro atoms. The fraction of sp³-hybridized carbons (Fsp3) is 0. The third kappa shape index (κ3) is 3.61. The molecule has 0 aliphatic rings. The second-order valence-electron chi connectivity index (χ2n) is 12.1. The van der Waals surface area contributed by atoms with E-state index in [-0.39, 0.29) is 0 Å². The maximum Gasteiger partial charge on any atom is 0.0640 e. The highest BCUT2D eigenvalue weighted by Crippen LogP contribution is 2.42. The van der Waals surface area contributed by atoms with Gasteiger partial charge in [-0.25, -0.2) is 0 Å². The summed E-state index contributed by atoms with van der Waals surface area (Å²) in [6.45, 7) is 4.08. The first kappa shape index (κ1) is 25.5. The molecule has 0 unspecified atom stereocenters. The van der Waals surface area contributed by atoms with Crippen LogP contribution in [0.1, 0.15) is 5.56 Å². The number of hydrogen-bond acceptors (Lipinski definition) is 1. The molecule has 46 heavy (non-hydrogen) atoms. The van der Waals surface area contributed by atoms with Gasteiger partial charge in [-0.1, -0.05) is 91.0 Å². The van der Waals surface area contributed by atoms with Crippen LogP contribution < -0.4 is 0 Å². The van der Waals surface area contributed by atoms with Crippen molar-refractivity contribution in [2.24, 2.45) is 0 Å². The van der Waals surface area contributed by atoms with Crippen molar-refractivity contribution in [3.05, 3.63) is 164 Å². The molecule has 0 atom stereocenters. The van der Waals surface area contributed by atoms with Gasteiger partial charge in [0.2, 0.25) is 0 Å². The standard InChI is InChI=1S/C43H27N2S/c1-27-17-21-30(22-18-27)44-37-13-5-2-9-31(37)35-25-28(19-23-39(35)44)29-20-24-40-36(26-29)32-10-3-6-14-38(32)45(40)41-15-8-12-34-33-11-4-7-16-42(33)46-43(34)41/h2-26H,1H2/q-1. The predicted molar refractivity (Wildman–Crippen MR) is 198 cm³/mol. The van der Waals surface area contributed by atoms with Gasteiger partial charge in [-0.15, -0.1) is 11.3 Å². The molecule has 0 saturated heterocycles. The highest BCUT2D eigenvalue weighted by molar-refractivity contribution is 7.26. The Morgan fingerprint density at radius 1 is 0.413 bits per heavy atom. The van der Waals surface area contributed by atoms with E-state index >= 15 is 0 Å². The van der Waals surface area contributed by atoms with Crippen molar-refractivity contribution in [2.45, 2.75) is 0 Å². The van der Waals surface area contributed by atoms with Gasteiger partial charge in [0.25, 0.3) is 0 Å². The number of aromatic nitrogens is 2. The van der Waals surface area contributed by atoms with Crippen LogP contribution in [-0.4, -0.2) is 9.13 Å². The second-order valence-corrected chi connectivity index (χ2v) is 13.1. The van der Waals surface area contributed by atoms with E-state index in [1.165, 1.54) is 80.6 Å². The third-order valence-electron chi connectivity index (χ3n) is 9.50. The molecule has 0 aliphatic heterocycles. The Kier molecular flexibility index (Phi) is 5.34. The molecule has 2 nitrogen and oxygen atoms in total. The SMILES string of the molecule is [CH2-]c1ccc(-n2c3ccccc3c3cc(-c4ccc5c(c4)c4ccccc4n5-c4cccc5c4sc4ccccc45)ccc32)cc1. The minimum absolute atomic E-state index is 1.02. The number of benzene rings is 7. The van der Waals surface area contributed by atoms with Crippen LogP contribution in [0.15, 0.2) is 152 Å². The van der Waals surface area contributed by atoms with Crippen LogP contribution in [0.3, 0.4) is 0 Å². The van der Waals surface area contributed by atoms with Crippen molar-refractivity contribution in [1.82, 2.24) is 9.13 Å². The van der Waals surface area contributed by atoms with Crippen molar-refractivity contribution in [3.63, 3.8) is 0 Å². The summed E-state index contributed by atoms with van der Waals surface area (Å²) in [7, 11) is 0. The van der Waals surface area contributed by atoms with E-state index in [2.05, 4.69) is 168 Å². The summed E-state index contributed by atoms with van der Waals surface area (Å²) in [5.41, 5.74) is 10.7. The first-order valence-corrected chi connectivity index (χ1v) is 16.4. The molecule has 0 radical (unpaired) electrons. The first-order chi connectivity index (χ1) is 22.7. The van der Waals surface area contributed by atoms with Gasteiger partial charge >= 0.3 is 0 Å². The molecule has 3 heterocycles. The monoisotopic (exact) mass is 603 g/mol. The molecule has 10 rings (SSSR count). The zero-order valence-electron chi connectivity index (χ0n) is 24.9. The molecular formula is C43H27N2S-. The molecule has 3 aromatic heterocycles. The van der Waals surface area contributed by atoms with Gasteiger partial charge in [0.1, 0.15) is 0 Å². The van der Waals surface area contributed by atoms with Gasteiger partial charge in [-0.3, -0.25) is 0 Å². The van der Waals surface area contributed by atoms with Gasteiger partial charge < -0.3 is 9.13 Å². The number of fused-ring (bicyclic) bond motifs is 9. The van der Waals surface area contributed by atoms with Crippen LogP contribution in [-0.2, 0) is 0 Å². The van der Waals surface area contributed by atoms with Crippen molar-refractivity contribution in [1.29, 1.82) is 0 Å². The maximum atomic E-state index is 4.08. The Bertz CT molecular complexity index is 2810. The molecule has 10 aromatic rings. The Morgan fingerprint density at radius 2 is 0.957 bits per heavy atom. The highest BCUT2D eigenvalue weighted by atomic mass is 32.1. The largest absolute Gasteiger partial charge is 0.311 e. The quantitative estimate of drug-likeness (QED) is 0.178. The summed E-state index contributed by atoms with van der Waals surface area (Å²) >= 11 is 1.88. The molecule has 0 amide bonds. The predicted octanol–water partition coefficient (Wildman–Crippen LogP) is 12.1. The van der Waals surface area contributed by atoms with E-state index in [1.54, 1.807) is 0 Å². The second kappa shape index (κ2) is 9.61. The van der Waals surface area contributed by atoms with E-state index in [4.69, 9.17) is 0 Å². The van der Waals surface area contributed by atoms with Crippen molar-refractivity contribution in [2.75, 3.05) is 0 Å². The third-order valence-corrected chi connectivity index (χ3v) is 10.7. The van der Waals surface area contributed by atoms with E-state index in [9.17, 15) is 0 Å². The summed E-state index contributed by atoms with van der Waals surface area (Å²) in [6.07, 6.45) is 0. The molecule has 0 N–H and O–H groups in total. The van der Waals surface area contributed by atoms with Gasteiger partial charge in [0.15, 0.2) is 0 Å². The number of rotatable bonds is 3. The van der Waals surface area contributed by atoms with Crippen molar-refractivity contribution >= 4 is 75.1 Å². The van der Waals surface area contributed by atoms with Crippen LogP contribution in [0.5, 0.6) is 0 Å². The van der Waals surface area contributed by atoms with Gasteiger partial charge in [0.05, 0.1) is 32.5 Å². The molecule has 3 heteroatoms. The lowest BCUT2D eigenvalue weighted by Crippen LogP contribution is -1.94. The average molecular weight is 604 g/mol. The van der Waals surface area contributed by atoms with Crippen molar-refractivity contribution < 1.29 is 0 Å². The smallest absolute Gasteiger partial charge is 0.0640 e. The zero-order chi connectivity index (χ0) is 30.4. The average Bonchev–Trinajstić information content (AvgIpc) is 3.76. The van der Waals surface area contributed by atoms with Gasteiger partial charge in [-0.2, -0.15) is 24.6 Å². The molecule has 0 aliphatic carbocycles. The van der Waals surface area contributed by atoms with Gasteiger partial charge in [0, 0.05) is 42.7 Å². The summed E-state index contributed by atoms with van der Waals surface area (Å²) < 4.78 is 7.46. The summed E-state index contributed by atoms with van der Waals surface area (Å²) in [4.78, 5) is 0. The lowest BCUT2D eigenvalue weighted by Gasteiger charge is -2.11. The molecule has 7 aromatic carbocycles.